The van der Waals surface area contributed by atoms with Crippen molar-refractivity contribution < 1.29 is 26.0 Å². The molecular weight excluding hydrogens is 951 g/mol. The first kappa shape index (κ1) is 29.6. The number of allylic oxidation sites excluding steroid dienone is 4. The maximum absolute atomic E-state index is 10.6. The van der Waals surface area contributed by atoms with E-state index in [-0.39, 0.29) is 17.5 Å². The van der Waals surface area contributed by atoms with Gasteiger partial charge in [-0.05, 0) is 158 Å². The molecule has 0 aromatic heterocycles. The Hall–Kier alpha value is -9.82. The van der Waals surface area contributed by atoms with Gasteiger partial charge in [0.05, 0.1) is 36.9 Å². The van der Waals surface area contributed by atoms with E-state index in [4.69, 9.17) is 11.0 Å². The molecule has 5 aliphatic carbocycles. The highest BCUT2D eigenvalue weighted by atomic mass is 15.1. The van der Waals surface area contributed by atoms with Gasteiger partial charge in [0.1, 0.15) is 0 Å². The van der Waals surface area contributed by atoms with Crippen molar-refractivity contribution >= 4 is 27.8 Å². The monoisotopic (exact) mass is 1020 g/mol. The molecular formula is C78H51N. The van der Waals surface area contributed by atoms with Crippen LogP contribution in [0.25, 0.3) is 77.5 Å². The summed E-state index contributed by atoms with van der Waals surface area (Å²) in [7, 11) is 0. The molecule has 0 bridgehead atoms. The lowest BCUT2D eigenvalue weighted by atomic mass is 9.65. The average molecular weight is 1020 g/mol. The zero-order valence-electron chi connectivity index (χ0n) is 60.9. The van der Waals surface area contributed by atoms with Crippen LogP contribution in [0.3, 0.4) is 0 Å². The number of nitrogens with zero attached hydrogens (tertiary/aromatic N) is 1. The summed E-state index contributed by atoms with van der Waals surface area (Å²) in [6, 6.07) is 38.0. The van der Waals surface area contributed by atoms with E-state index in [0.29, 0.717) is 11.4 Å². The van der Waals surface area contributed by atoms with Gasteiger partial charge in [0, 0.05) is 28.9 Å². The Morgan fingerprint density at radius 2 is 0.848 bits per heavy atom. The first-order valence-corrected chi connectivity index (χ1v) is 26.4. The van der Waals surface area contributed by atoms with Crippen molar-refractivity contribution in [1.82, 2.24) is 0 Å². The first-order valence-electron chi connectivity index (χ1n) is 35.9. The minimum Gasteiger partial charge on any atom is -0.310 e. The van der Waals surface area contributed by atoms with Gasteiger partial charge >= 0.3 is 0 Å². The normalized spacial score (nSPS) is 21.0. The molecule has 0 amide bonds. The van der Waals surface area contributed by atoms with Crippen LogP contribution in [0.5, 0.6) is 0 Å². The summed E-state index contributed by atoms with van der Waals surface area (Å²) in [6.45, 7) is 0. The van der Waals surface area contributed by atoms with E-state index in [0.717, 1.165) is 72.3 Å². The Balaban J connectivity index is 0.968. The second-order valence-corrected chi connectivity index (χ2v) is 20.7. The number of hydrogen-bond donors (Lipinski definition) is 0. The average Bonchev–Trinajstić information content (AvgIpc) is 1.51. The third-order valence-corrected chi connectivity index (χ3v) is 17.2. The summed E-state index contributed by atoms with van der Waals surface area (Å²) >= 11 is 0. The van der Waals surface area contributed by atoms with Crippen LogP contribution in [-0.2, 0) is 10.8 Å². The lowest BCUT2D eigenvalue weighted by molar-refractivity contribution is 0.465. The Bertz CT molecular complexity index is 5600. The van der Waals surface area contributed by atoms with Crippen molar-refractivity contribution in [2.75, 3.05) is 4.90 Å². The second-order valence-electron chi connectivity index (χ2n) is 20.7. The van der Waals surface area contributed by atoms with E-state index >= 15 is 0 Å². The highest BCUT2D eigenvalue weighted by Gasteiger charge is 2.57. The van der Waals surface area contributed by atoms with Gasteiger partial charge in [-0.3, -0.25) is 0 Å². The number of hydrogen-bond acceptors (Lipinski definition) is 1. The molecule has 1 nitrogen and oxygen atoms in total. The van der Waals surface area contributed by atoms with Gasteiger partial charge in [-0.25, -0.2) is 0 Å². The number of rotatable bonds is 6. The fraction of sp³-hybridized carbons (Fsp3) is 0.0513. The molecule has 0 saturated carbocycles. The molecule has 79 heavy (non-hydrogen) atoms. The minimum absolute atomic E-state index is 0.00416. The molecule has 12 aromatic carbocycles. The lowest BCUT2D eigenvalue weighted by Crippen LogP contribution is -2.33. The molecule has 0 heterocycles. The molecule has 17 rings (SSSR count). The highest BCUT2D eigenvalue weighted by molar-refractivity contribution is 6.05. The lowest BCUT2D eigenvalue weighted by Gasteiger charge is -2.37. The second kappa shape index (κ2) is 16.8. The van der Waals surface area contributed by atoms with Gasteiger partial charge in [0.15, 0.2) is 0 Å². The summed E-state index contributed by atoms with van der Waals surface area (Å²) in [5.41, 5.74) is 9.28. The van der Waals surface area contributed by atoms with Crippen LogP contribution in [0, 0.1) is 5.92 Å². The van der Waals surface area contributed by atoms with Crippen LogP contribution in [0.2, 0.25) is 0 Å². The smallest absolute Gasteiger partial charge is 0.0726 e. The molecule has 0 fully saturated rings. The molecule has 0 N–H and O–H groups in total. The molecule has 1 heteroatoms. The van der Waals surface area contributed by atoms with Crippen molar-refractivity contribution in [1.29, 1.82) is 0 Å². The molecule has 5 aliphatic rings. The molecule has 2 spiro atoms. The Morgan fingerprint density at radius 1 is 0.342 bits per heavy atom. The predicted octanol–water partition coefficient (Wildman–Crippen LogP) is 19.8. The van der Waals surface area contributed by atoms with Crippen LogP contribution in [0.15, 0.2) is 297 Å². The van der Waals surface area contributed by atoms with E-state index in [9.17, 15) is 15.1 Å². The molecule has 12 aromatic rings. The summed E-state index contributed by atoms with van der Waals surface area (Å²) in [5.74, 6) is -0.106. The van der Waals surface area contributed by atoms with E-state index in [2.05, 4.69) is 121 Å². The SMILES string of the molecule is [2H]c1c([2H])c([2H])c(-c2c([2H])c([2H])c(-c3c(-c4c([2H])c([2H])c(N(c5ccc6c(c5)C5(c7ccccc7-c7ccccc75)c5ccccc5-6)c5ccc6c(c5)C5(c7ccccc7-6)c6ccccc6C6C=CC=CC65)c([2H])c4[2H])c([2H])c([2H])c4c([2H])c([2H])c([2H])c([2H])c34)c([2H])c2[2H])c([2H])c1[2H]. The molecule has 368 valence electrons. The Morgan fingerprint density at radius 3 is 1.53 bits per heavy atom. The maximum atomic E-state index is 10.6. The van der Waals surface area contributed by atoms with Gasteiger partial charge in [0.2, 0.25) is 0 Å². The van der Waals surface area contributed by atoms with Gasteiger partial charge in [-0.1, -0.05) is 260 Å². The van der Waals surface area contributed by atoms with Crippen LogP contribution >= 0.6 is 0 Å². The molecule has 0 aliphatic heterocycles. The largest absolute Gasteiger partial charge is 0.310 e. The van der Waals surface area contributed by atoms with Crippen molar-refractivity contribution in [2.45, 2.75) is 16.7 Å². The third-order valence-electron chi connectivity index (χ3n) is 17.2. The van der Waals surface area contributed by atoms with E-state index in [1.165, 1.54) is 5.56 Å². The van der Waals surface area contributed by atoms with E-state index < -0.39 is 170 Å². The number of anilines is 3. The van der Waals surface area contributed by atoms with E-state index in [1.54, 1.807) is 4.90 Å². The summed E-state index contributed by atoms with van der Waals surface area (Å²) in [5, 5.41) is -1.18. The molecule has 3 atom stereocenters. The zero-order chi connectivity index (χ0) is 68.3. The fourth-order valence-corrected chi connectivity index (χ4v) is 14.2. The molecule has 3 unspecified atom stereocenters. The minimum atomic E-state index is -0.977. The summed E-state index contributed by atoms with van der Waals surface area (Å²) in [4.78, 5) is 1.73. The third kappa shape index (κ3) is 6.05. The number of benzene rings is 12. The van der Waals surface area contributed by atoms with Crippen molar-refractivity contribution in [3.8, 4) is 66.8 Å². The van der Waals surface area contributed by atoms with Gasteiger partial charge in [0.25, 0.3) is 0 Å². The van der Waals surface area contributed by atoms with Crippen LogP contribution in [0.4, 0.5) is 17.1 Å². The zero-order valence-corrected chi connectivity index (χ0v) is 41.9. The van der Waals surface area contributed by atoms with Crippen LogP contribution in [0.1, 0.15) is 76.5 Å². The molecule has 0 saturated heterocycles. The first-order chi connectivity index (χ1) is 47.1. The molecule has 0 radical (unpaired) electrons. The summed E-state index contributed by atoms with van der Waals surface area (Å²) < 4.78 is 179. The standard InChI is InChI=1S/C78H51N/c1-2-18-50(19-3-1)51-34-36-54(37-35-51)76-58-21-5-4-20-52(58)40-45-59(76)53-38-41-55(42-39-53)79(56-43-46-66-64-26-10-16-32-72(64)77(74(66)48-56)68-28-12-6-22-60(68)61-23-7-13-29-69(61)77)57-44-47-67-65-27-11-17-33-73(65)78(75(67)49-57)70-30-14-8-24-62(70)63-25-9-15-31-71(63)78/h1-49,60,68H/i1D,2D,3D,4D,5D,18D,19D,20D,21D,34D,35D,36D,37D,38D,39D,40D,41D,42D,45D. The quantitative estimate of drug-likeness (QED) is 0.160. The van der Waals surface area contributed by atoms with Gasteiger partial charge in [-0.2, -0.15) is 0 Å². The van der Waals surface area contributed by atoms with Crippen molar-refractivity contribution in [3.63, 3.8) is 0 Å². The highest BCUT2D eigenvalue weighted by Crippen LogP contribution is 2.67. The van der Waals surface area contributed by atoms with Crippen LogP contribution < -0.4 is 4.90 Å². The predicted molar refractivity (Wildman–Crippen MR) is 328 cm³/mol. The van der Waals surface area contributed by atoms with Crippen LogP contribution in [-0.4, -0.2) is 0 Å². The van der Waals surface area contributed by atoms with Crippen molar-refractivity contribution in [3.05, 3.63) is 341 Å². The maximum Gasteiger partial charge on any atom is 0.0726 e. The Labute approximate surface area is 488 Å². The van der Waals surface area contributed by atoms with Gasteiger partial charge < -0.3 is 4.90 Å². The van der Waals surface area contributed by atoms with E-state index in [1.807, 2.05) is 60.7 Å². The fourth-order valence-electron chi connectivity index (χ4n) is 14.2. The van der Waals surface area contributed by atoms with Crippen molar-refractivity contribution in [2.24, 2.45) is 5.92 Å². The number of fused-ring (bicyclic) bond motifs is 21. The van der Waals surface area contributed by atoms with Gasteiger partial charge in [-0.15, -0.1) is 0 Å². The summed E-state index contributed by atoms with van der Waals surface area (Å²) in [6.07, 6.45) is 8.68. The topological polar surface area (TPSA) is 3.24 Å². The Kier molecular flexibility index (Phi) is 6.32.